The van der Waals surface area contributed by atoms with Gasteiger partial charge >= 0.3 is 11.9 Å². The number of aromatic carboxylic acids is 2. The number of likely N-dealkylation sites (N-methyl/N-ethyl adjacent to an activating group) is 1. The highest BCUT2D eigenvalue weighted by Crippen LogP contribution is 2.63. The van der Waals surface area contributed by atoms with Crippen molar-refractivity contribution in [2.75, 3.05) is 13.6 Å². The van der Waals surface area contributed by atoms with Crippen LogP contribution in [-0.2, 0) is 23.1 Å². The number of phenols is 3. The van der Waals surface area contributed by atoms with Gasteiger partial charge < -0.3 is 35.2 Å². The second-order valence-corrected chi connectivity index (χ2v) is 13.8. The number of nitrogens with zero attached hydrogens (tertiary/aromatic N) is 1. The zero-order valence-electron chi connectivity index (χ0n) is 27.2. The van der Waals surface area contributed by atoms with Crippen molar-refractivity contribution in [2.45, 2.75) is 49.7 Å². The summed E-state index contributed by atoms with van der Waals surface area (Å²) in [5.41, 5.74) is 2.37. The van der Waals surface area contributed by atoms with Gasteiger partial charge in [0.25, 0.3) is 0 Å². The number of ketones is 1. The molecule has 1 saturated heterocycles. The van der Waals surface area contributed by atoms with Gasteiger partial charge in [-0.3, -0.25) is 4.79 Å². The molecule has 4 atom stereocenters. The first kappa shape index (κ1) is 31.6. The molecule has 2 fully saturated rings. The van der Waals surface area contributed by atoms with E-state index in [1.54, 1.807) is 54.6 Å². The van der Waals surface area contributed by atoms with Crippen LogP contribution in [0.4, 0.5) is 0 Å². The normalized spacial score (nSPS) is 23.1. The van der Waals surface area contributed by atoms with E-state index in [4.69, 9.17) is 4.74 Å². The van der Waals surface area contributed by atoms with E-state index in [9.17, 15) is 39.9 Å². The summed E-state index contributed by atoms with van der Waals surface area (Å²) in [4.78, 5) is 38.2. The van der Waals surface area contributed by atoms with Crippen molar-refractivity contribution in [1.29, 1.82) is 0 Å². The number of hydrogen-bond acceptors (Lipinski definition) is 8. The van der Waals surface area contributed by atoms with Crippen LogP contribution in [0.25, 0.3) is 21.5 Å². The fraction of sp³-hybridized carbons (Fsp3) is 0.275. The first-order chi connectivity index (χ1) is 24.0. The molecule has 9 rings (SSSR count). The molecular weight excluding hydrogens is 638 g/mol. The SMILES string of the molecule is CN1CC[C@]23c4c5ccc(O)c4O[C@H]2C(=O)CC[C@H]3[C@H]1C5.O=C(O)c1cc2ccccc2c(Cc2c(O)c(C(=O)O)cc3ccccc23)c1O. The van der Waals surface area contributed by atoms with Gasteiger partial charge in [0, 0.05) is 41.0 Å². The van der Waals surface area contributed by atoms with Crippen molar-refractivity contribution in [3.05, 3.63) is 106 Å². The van der Waals surface area contributed by atoms with Gasteiger partial charge in [0.05, 0.1) is 0 Å². The van der Waals surface area contributed by atoms with Gasteiger partial charge in [0.1, 0.15) is 22.6 Å². The fourth-order valence-corrected chi connectivity index (χ4v) is 9.20. The number of carbonyl (C=O) groups excluding carboxylic acids is 1. The smallest absolute Gasteiger partial charge is 0.339 e. The molecular formula is C40H35NO9. The molecule has 0 radical (unpaired) electrons. The molecule has 5 aromatic rings. The van der Waals surface area contributed by atoms with Gasteiger partial charge in [-0.15, -0.1) is 0 Å². The Labute approximate surface area is 286 Å². The van der Waals surface area contributed by atoms with E-state index >= 15 is 0 Å². The van der Waals surface area contributed by atoms with Crippen molar-refractivity contribution < 1.29 is 44.7 Å². The number of phenolic OH excluding ortho intramolecular Hbond substituents is 1. The first-order valence-electron chi connectivity index (χ1n) is 16.7. The van der Waals surface area contributed by atoms with Crippen LogP contribution in [0.15, 0.2) is 72.8 Å². The number of piperidine rings is 1. The average Bonchev–Trinajstić information content (AvgIpc) is 3.46. The zero-order valence-corrected chi connectivity index (χ0v) is 27.2. The Balaban J connectivity index is 0.000000151. The number of carboxylic acids is 2. The van der Waals surface area contributed by atoms with Gasteiger partial charge in [0.15, 0.2) is 23.4 Å². The maximum atomic E-state index is 12.5. The van der Waals surface area contributed by atoms with Crippen molar-refractivity contribution in [2.24, 2.45) is 5.92 Å². The summed E-state index contributed by atoms with van der Waals surface area (Å²) in [6.45, 7) is 1.00. The van der Waals surface area contributed by atoms with Gasteiger partial charge in [0.2, 0.25) is 0 Å². The van der Waals surface area contributed by atoms with E-state index in [1.807, 2.05) is 6.07 Å². The minimum absolute atomic E-state index is 0.0407. The fourth-order valence-electron chi connectivity index (χ4n) is 9.20. The van der Waals surface area contributed by atoms with Gasteiger partial charge in [-0.2, -0.15) is 0 Å². The Bertz CT molecular complexity index is 2180. The number of benzene rings is 5. The highest BCUT2D eigenvalue weighted by molar-refractivity contribution is 6.02. The molecule has 4 aliphatic rings. The zero-order chi connectivity index (χ0) is 35.1. The van der Waals surface area contributed by atoms with Crippen LogP contribution in [0.1, 0.15) is 62.2 Å². The van der Waals surface area contributed by atoms with Crippen LogP contribution < -0.4 is 4.74 Å². The molecule has 5 aromatic carbocycles. The van der Waals surface area contributed by atoms with Crippen molar-refractivity contribution in [3.63, 3.8) is 0 Å². The maximum Gasteiger partial charge on any atom is 0.339 e. The van der Waals surface area contributed by atoms with Crippen molar-refractivity contribution in [1.82, 2.24) is 4.90 Å². The largest absolute Gasteiger partial charge is 0.507 e. The van der Waals surface area contributed by atoms with E-state index in [-0.39, 0.29) is 40.6 Å². The molecule has 0 aromatic heterocycles. The lowest BCUT2D eigenvalue weighted by molar-refractivity contribution is -0.138. The molecule has 2 aliphatic carbocycles. The van der Waals surface area contributed by atoms with Crippen LogP contribution in [0.5, 0.6) is 23.0 Å². The lowest BCUT2D eigenvalue weighted by atomic mass is 9.52. The van der Waals surface area contributed by atoms with E-state index < -0.39 is 23.4 Å². The Morgan fingerprint density at radius 1 is 0.860 bits per heavy atom. The lowest BCUT2D eigenvalue weighted by Gasteiger charge is -2.57. The lowest BCUT2D eigenvalue weighted by Crippen LogP contribution is -2.65. The van der Waals surface area contributed by atoms with Crippen LogP contribution >= 0.6 is 0 Å². The number of aromatic hydroxyl groups is 3. The van der Waals surface area contributed by atoms with Crippen molar-refractivity contribution in [3.8, 4) is 23.0 Å². The third kappa shape index (κ3) is 4.55. The molecule has 5 N–H and O–H groups in total. The maximum absolute atomic E-state index is 12.5. The number of rotatable bonds is 4. The molecule has 2 bridgehead atoms. The minimum Gasteiger partial charge on any atom is -0.507 e. The number of likely N-dealkylation sites (tertiary alicyclic amines) is 1. The summed E-state index contributed by atoms with van der Waals surface area (Å²) in [5.74, 6) is -1.86. The molecule has 254 valence electrons. The van der Waals surface area contributed by atoms with Gasteiger partial charge in [-0.05, 0) is 84.1 Å². The predicted molar refractivity (Wildman–Crippen MR) is 185 cm³/mol. The number of Topliss-reactive ketones (excluding diaryl/α,β-unsaturated/α-hetero) is 1. The molecule has 1 saturated carbocycles. The van der Waals surface area contributed by atoms with Crippen LogP contribution in [0.3, 0.4) is 0 Å². The second-order valence-electron chi connectivity index (χ2n) is 13.8. The van der Waals surface area contributed by atoms with E-state index in [2.05, 4.69) is 11.9 Å². The second kappa shape index (κ2) is 11.5. The number of hydrogen-bond donors (Lipinski definition) is 5. The van der Waals surface area contributed by atoms with Gasteiger partial charge in [-0.25, -0.2) is 9.59 Å². The average molecular weight is 674 g/mol. The summed E-state index contributed by atoms with van der Waals surface area (Å²) < 4.78 is 6.04. The van der Waals surface area contributed by atoms with E-state index in [0.717, 1.165) is 31.4 Å². The predicted octanol–water partition coefficient (Wildman–Crippen LogP) is 6.02. The minimum atomic E-state index is -1.28. The highest BCUT2D eigenvalue weighted by atomic mass is 16.5. The number of fused-ring (bicyclic) bond motifs is 2. The molecule has 0 amide bonds. The van der Waals surface area contributed by atoms with Gasteiger partial charge in [-0.1, -0.05) is 54.6 Å². The summed E-state index contributed by atoms with van der Waals surface area (Å²) >= 11 is 0. The van der Waals surface area contributed by atoms with Crippen LogP contribution in [-0.4, -0.2) is 73.9 Å². The Morgan fingerprint density at radius 2 is 1.44 bits per heavy atom. The molecule has 1 spiro atoms. The van der Waals surface area contributed by atoms with E-state index in [0.29, 0.717) is 56.8 Å². The Kier molecular flexibility index (Phi) is 7.27. The third-order valence-electron chi connectivity index (χ3n) is 11.5. The Morgan fingerprint density at radius 3 is 2.02 bits per heavy atom. The molecule has 10 nitrogen and oxygen atoms in total. The molecule has 50 heavy (non-hydrogen) atoms. The summed E-state index contributed by atoms with van der Waals surface area (Å²) in [6, 6.07) is 21.0. The first-order valence-corrected chi connectivity index (χ1v) is 16.7. The molecule has 2 aliphatic heterocycles. The number of carbonyl (C=O) groups is 3. The number of carboxylic acid groups (broad SMARTS) is 2. The standard InChI is InChI=1S/C23H16O6.C17H19NO3/c24-20-16(14-7-3-1-5-12(14)9-18(20)22(26)27)11-17-15-8-4-2-6-13(15)10-19(21(17)25)23(28)29;1-18-7-6-17-10-3-5-13(20)16(17)21-15-12(19)4-2-9(14(15)17)8-11(10)18/h1-10,24-25H,11H2,(H,26,27)(H,28,29);2,4,10-11,16,19H,3,5-8H2,1H3/t;10-,11+,16-,17-/m.0/s1. The Hall–Kier alpha value is -5.61. The highest BCUT2D eigenvalue weighted by Gasteiger charge is 2.65. The van der Waals surface area contributed by atoms with Crippen molar-refractivity contribution >= 4 is 39.3 Å². The quantitative estimate of drug-likeness (QED) is 0.152. The molecule has 10 heteroatoms. The summed E-state index contributed by atoms with van der Waals surface area (Å²) in [6.07, 6.45) is 3.14. The topological polar surface area (TPSA) is 165 Å². The summed E-state index contributed by atoms with van der Waals surface area (Å²) in [7, 11) is 2.20. The molecule has 0 unspecified atom stereocenters. The van der Waals surface area contributed by atoms with Crippen LogP contribution in [0, 0.1) is 5.92 Å². The molecule has 2 heterocycles. The monoisotopic (exact) mass is 673 g/mol. The van der Waals surface area contributed by atoms with E-state index in [1.165, 1.54) is 17.7 Å². The number of ether oxygens (including phenoxy) is 1. The summed E-state index contributed by atoms with van der Waals surface area (Å²) in [5, 5.41) is 53.0. The third-order valence-corrected chi connectivity index (χ3v) is 11.5. The van der Waals surface area contributed by atoms with Crippen LogP contribution in [0.2, 0.25) is 0 Å².